The number of nitrogen functional groups attached to an aromatic ring is 1. The van der Waals surface area contributed by atoms with Crippen molar-refractivity contribution in [1.82, 2.24) is 0 Å². The van der Waals surface area contributed by atoms with Crippen LogP contribution in [0.5, 0.6) is 0 Å². The molecule has 3 aromatic carbocycles. The molecular weight excluding hydrogens is 294 g/mol. The summed E-state index contributed by atoms with van der Waals surface area (Å²) in [6.07, 6.45) is 0.913. The van der Waals surface area contributed by atoms with Crippen molar-refractivity contribution in [1.29, 1.82) is 0 Å². The van der Waals surface area contributed by atoms with Crippen molar-refractivity contribution in [3.63, 3.8) is 0 Å². The van der Waals surface area contributed by atoms with Crippen LogP contribution in [0.15, 0.2) is 54.6 Å². The molecular formula is C21H21N3. The highest BCUT2D eigenvalue weighted by molar-refractivity contribution is 6.01. The van der Waals surface area contributed by atoms with E-state index in [0.717, 1.165) is 39.8 Å². The summed E-state index contributed by atoms with van der Waals surface area (Å²) in [6.45, 7) is 11.6. The lowest BCUT2D eigenvalue weighted by Gasteiger charge is -2.17. The number of rotatable bonds is 4. The van der Waals surface area contributed by atoms with Gasteiger partial charge in [0.1, 0.15) is 0 Å². The van der Waals surface area contributed by atoms with Crippen LogP contribution in [0, 0.1) is 12.5 Å². The van der Waals surface area contributed by atoms with Crippen LogP contribution in [0.1, 0.15) is 19.4 Å². The van der Waals surface area contributed by atoms with E-state index in [1.54, 1.807) is 0 Å². The van der Waals surface area contributed by atoms with E-state index < -0.39 is 0 Å². The molecule has 0 aliphatic rings. The number of benzene rings is 3. The Kier molecular flexibility index (Phi) is 4.39. The molecule has 0 radical (unpaired) electrons. The van der Waals surface area contributed by atoms with Gasteiger partial charge >= 0.3 is 0 Å². The summed E-state index contributed by atoms with van der Waals surface area (Å²) in [6, 6.07) is 18.0. The second-order valence-corrected chi connectivity index (χ2v) is 6.43. The molecule has 0 saturated heterocycles. The maximum Gasteiger partial charge on any atom is 0.187 e. The molecule has 0 amide bonds. The van der Waals surface area contributed by atoms with Crippen molar-refractivity contribution in [2.75, 3.05) is 11.1 Å². The Hall–Kier alpha value is -2.99. The number of fused-ring (bicyclic) bond motifs is 1. The van der Waals surface area contributed by atoms with Crippen molar-refractivity contribution in [3.05, 3.63) is 71.6 Å². The van der Waals surface area contributed by atoms with E-state index in [-0.39, 0.29) is 0 Å². The highest BCUT2D eigenvalue weighted by atomic mass is 14.9. The van der Waals surface area contributed by atoms with E-state index in [2.05, 4.69) is 36.1 Å². The second kappa shape index (κ2) is 6.64. The van der Waals surface area contributed by atoms with Gasteiger partial charge in [-0.3, -0.25) is 0 Å². The molecule has 0 saturated carbocycles. The quantitative estimate of drug-likeness (QED) is 0.464. The van der Waals surface area contributed by atoms with Crippen LogP contribution in [0.2, 0.25) is 0 Å². The molecule has 3 rings (SSSR count). The topological polar surface area (TPSA) is 42.4 Å². The van der Waals surface area contributed by atoms with Gasteiger partial charge in [0, 0.05) is 11.1 Å². The molecule has 24 heavy (non-hydrogen) atoms. The lowest BCUT2D eigenvalue weighted by molar-refractivity contribution is 0.648. The van der Waals surface area contributed by atoms with Gasteiger partial charge in [0.2, 0.25) is 0 Å². The highest BCUT2D eigenvalue weighted by Crippen LogP contribution is 2.34. The second-order valence-electron chi connectivity index (χ2n) is 6.43. The maximum absolute atomic E-state index is 7.24. The van der Waals surface area contributed by atoms with Crippen LogP contribution < -0.4 is 11.1 Å². The molecule has 0 aliphatic heterocycles. The van der Waals surface area contributed by atoms with Crippen molar-refractivity contribution in [2.45, 2.75) is 20.3 Å². The zero-order chi connectivity index (χ0) is 17.1. The molecule has 0 unspecified atom stereocenters. The molecule has 3 N–H and O–H groups in total. The van der Waals surface area contributed by atoms with Crippen LogP contribution in [0.25, 0.3) is 15.6 Å². The minimum absolute atomic E-state index is 0.511. The Balaban J connectivity index is 2.09. The molecule has 0 aliphatic carbocycles. The fourth-order valence-corrected chi connectivity index (χ4v) is 2.94. The van der Waals surface area contributed by atoms with Crippen molar-refractivity contribution < 1.29 is 0 Å². The Morgan fingerprint density at radius 3 is 2.62 bits per heavy atom. The first-order valence-corrected chi connectivity index (χ1v) is 8.13. The van der Waals surface area contributed by atoms with Crippen molar-refractivity contribution in [2.24, 2.45) is 5.92 Å². The minimum atomic E-state index is 0.511. The van der Waals surface area contributed by atoms with E-state index in [0.29, 0.717) is 11.6 Å². The summed E-state index contributed by atoms with van der Waals surface area (Å²) < 4.78 is 0. The molecule has 120 valence electrons. The lowest BCUT2D eigenvalue weighted by Crippen LogP contribution is -2.02. The Morgan fingerprint density at radius 1 is 1.08 bits per heavy atom. The summed E-state index contributed by atoms with van der Waals surface area (Å²) in [5.74, 6) is 0.511. The smallest absolute Gasteiger partial charge is 0.187 e. The predicted octanol–water partition coefficient (Wildman–Crippen LogP) is 5.91. The average Bonchev–Trinajstić information content (AvgIpc) is 2.58. The fourth-order valence-electron chi connectivity index (χ4n) is 2.94. The summed E-state index contributed by atoms with van der Waals surface area (Å²) in [5.41, 5.74) is 10.7. The van der Waals surface area contributed by atoms with Gasteiger partial charge in [-0.1, -0.05) is 56.3 Å². The summed E-state index contributed by atoms with van der Waals surface area (Å²) >= 11 is 0. The third kappa shape index (κ3) is 3.18. The van der Waals surface area contributed by atoms with Gasteiger partial charge in [-0.05, 0) is 35.4 Å². The van der Waals surface area contributed by atoms with Gasteiger partial charge in [0.15, 0.2) is 5.69 Å². The van der Waals surface area contributed by atoms with E-state index in [1.807, 2.05) is 42.5 Å². The van der Waals surface area contributed by atoms with Gasteiger partial charge in [0.25, 0.3) is 0 Å². The molecule has 3 nitrogen and oxygen atoms in total. The number of hydrogen-bond donors (Lipinski definition) is 2. The molecule has 0 atom stereocenters. The van der Waals surface area contributed by atoms with Crippen LogP contribution >= 0.6 is 0 Å². The molecule has 0 bridgehead atoms. The number of nitrogens with one attached hydrogen (secondary N) is 1. The van der Waals surface area contributed by atoms with E-state index >= 15 is 0 Å². The molecule has 0 spiro atoms. The number of nitrogens with zero attached hydrogens (tertiary/aromatic N) is 1. The summed E-state index contributed by atoms with van der Waals surface area (Å²) in [7, 11) is 0. The van der Waals surface area contributed by atoms with Crippen LogP contribution in [0.3, 0.4) is 0 Å². The van der Waals surface area contributed by atoms with Crippen molar-refractivity contribution in [3.8, 4) is 0 Å². The highest BCUT2D eigenvalue weighted by Gasteiger charge is 2.10. The average molecular weight is 315 g/mol. The van der Waals surface area contributed by atoms with Gasteiger partial charge < -0.3 is 11.1 Å². The monoisotopic (exact) mass is 315 g/mol. The molecule has 0 fully saturated rings. The Bertz CT molecular complexity index is 920. The van der Waals surface area contributed by atoms with Crippen LogP contribution in [-0.2, 0) is 6.42 Å². The van der Waals surface area contributed by atoms with E-state index in [9.17, 15) is 0 Å². The number of nitrogens with two attached hydrogens (primary N) is 1. The largest absolute Gasteiger partial charge is 0.397 e. The SMILES string of the molecule is [C-]#[N+]c1ccc(Nc2c(N)ccc3ccccc23)c(CC(C)C)c1. The summed E-state index contributed by atoms with van der Waals surface area (Å²) in [4.78, 5) is 3.55. The lowest BCUT2D eigenvalue weighted by atomic mass is 10.00. The minimum Gasteiger partial charge on any atom is -0.397 e. The van der Waals surface area contributed by atoms with Crippen molar-refractivity contribution >= 4 is 33.5 Å². The molecule has 0 aromatic heterocycles. The first-order chi connectivity index (χ1) is 11.6. The molecule has 3 aromatic rings. The first-order valence-electron chi connectivity index (χ1n) is 8.13. The van der Waals surface area contributed by atoms with Gasteiger partial charge in [-0.15, -0.1) is 0 Å². The molecule has 0 heterocycles. The third-order valence-electron chi connectivity index (χ3n) is 4.07. The van der Waals surface area contributed by atoms with Gasteiger partial charge in [-0.2, -0.15) is 0 Å². The fraction of sp³-hybridized carbons (Fsp3) is 0.190. The third-order valence-corrected chi connectivity index (χ3v) is 4.07. The number of anilines is 3. The van der Waals surface area contributed by atoms with E-state index in [4.69, 9.17) is 12.3 Å². The van der Waals surface area contributed by atoms with Gasteiger partial charge in [-0.25, -0.2) is 4.85 Å². The van der Waals surface area contributed by atoms with Crippen LogP contribution in [0.4, 0.5) is 22.7 Å². The Labute approximate surface area is 142 Å². The standard InChI is InChI=1S/C21H21N3/c1-14(2)12-16-13-17(23-3)9-11-20(16)24-21-18-7-5-4-6-15(18)8-10-19(21)22/h4-11,13-14,24H,12,22H2,1-2H3. The molecule has 3 heteroatoms. The van der Waals surface area contributed by atoms with Gasteiger partial charge in [0.05, 0.1) is 17.9 Å². The normalized spacial score (nSPS) is 10.8. The first kappa shape index (κ1) is 15.9. The van der Waals surface area contributed by atoms with E-state index in [1.165, 1.54) is 0 Å². The number of hydrogen-bond acceptors (Lipinski definition) is 2. The Morgan fingerprint density at radius 2 is 1.88 bits per heavy atom. The zero-order valence-electron chi connectivity index (χ0n) is 14.0. The predicted molar refractivity (Wildman–Crippen MR) is 103 cm³/mol. The maximum atomic E-state index is 7.24. The zero-order valence-corrected chi connectivity index (χ0v) is 14.0. The summed E-state index contributed by atoms with van der Waals surface area (Å²) in [5, 5.41) is 5.76. The van der Waals surface area contributed by atoms with Crippen LogP contribution in [-0.4, -0.2) is 0 Å².